The summed E-state index contributed by atoms with van der Waals surface area (Å²) >= 11 is 3.00. The van der Waals surface area contributed by atoms with Crippen molar-refractivity contribution >= 4 is 21.7 Å². The molecule has 0 aliphatic heterocycles. The fraction of sp³-hybridized carbons (Fsp3) is 0.0714. The van der Waals surface area contributed by atoms with E-state index in [1.54, 1.807) is 19.1 Å². The monoisotopic (exact) mass is 310 g/mol. The Morgan fingerprint density at radius 1 is 1.17 bits per heavy atom. The maximum atomic E-state index is 13.8. The fourth-order valence-electron chi connectivity index (χ4n) is 1.62. The van der Waals surface area contributed by atoms with Crippen molar-refractivity contribution < 1.29 is 13.6 Å². The smallest absolute Gasteiger partial charge is 0.196 e. The first-order valence-corrected chi connectivity index (χ1v) is 6.05. The lowest BCUT2D eigenvalue weighted by atomic mass is 10.0. The minimum Gasteiger partial charge on any atom is -0.288 e. The highest BCUT2D eigenvalue weighted by atomic mass is 79.9. The number of hydrogen-bond acceptors (Lipinski definition) is 1. The molecule has 0 bridgehead atoms. The fourth-order valence-corrected chi connectivity index (χ4v) is 1.99. The van der Waals surface area contributed by atoms with Crippen LogP contribution in [0.25, 0.3) is 0 Å². The SMILES string of the molecule is Cc1cccc(C(=O)c2ccc(F)c(Br)c2)c1F. The van der Waals surface area contributed by atoms with Gasteiger partial charge in [0, 0.05) is 5.56 Å². The van der Waals surface area contributed by atoms with Crippen molar-refractivity contribution in [3.05, 3.63) is 69.2 Å². The van der Waals surface area contributed by atoms with Gasteiger partial charge in [-0.25, -0.2) is 8.78 Å². The predicted molar refractivity (Wildman–Crippen MR) is 68.7 cm³/mol. The zero-order valence-electron chi connectivity index (χ0n) is 9.51. The van der Waals surface area contributed by atoms with Crippen LogP contribution in [0.15, 0.2) is 40.9 Å². The summed E-state index contributed by atoms with van der Waals surface area (Å²) < 4.78 is 27.1. The molecule has 0 unspecified atom stereocenters. The zero-order chi connectivity index (χ0) is 13.3. The van der Waals surface area contributed by atoms with E-state index in [9.17, 15) is 13.6 Å². The van der Waals surface area contributed by atoms with Gasteiger partial charge in [-0.15, -0.1) is 0 Å². The molecule has 0 aliphatic carbocycles. The number of rotatable bonds is 2. The van der Waals surface area contributed by atoms with Gasteiger partial charge >= 0.3 is 0 Å². The molecule has 0 amide bonds. The lowest BCUT2D eigenvalue weighted by Crippen LogP contribution is -2.05. The van der Waals surface area contributed by atoms with Crippen molar-refractivity contribution in [1.29, 1.82) is 0 Å². The van der Waals surface area contributed by atoms with E-state index in [-0.39, 0.29) is 15.6 Å². The summed E-state index contributed by atoms with van der Waals surface area (Å²) in [6, 6.07) is 8.48. The largest absolute Gasteiger partial charge is 0.288 e. The second kappa shape index (κ2) is 4.98. The van der Waals surface area contributed by atoms with Gasteiger partial charge in [0.2, 0.25) is 0 Å². The van der Waals surface area contributed by atoms with Gasteiger partial charge in [-0.2, -0.15) is 0 Å². The Bertz CT molecular complexity index is 623. The van der Waals surface area contributed by atoms with E-state index in [2.05, 4.69) is 15.9 Å². The molecular weight excluding hydrogens is 302 g/mol. The molecular formula is C14H9BrF2O. The highest BCUT2D eigenvalue weighted by molar-refractivity contribution is 9.10. The molecule has 0 radical (unpaired) electrons. The second-order valence-electron chi connectivity index (χ2n) is 3.89. The highest BCUT2D eigenvalue weighted by Gasteiger charge is 2.16. The van der Waals surface area contributed by atoms with Crippen molar-refractivity contribution in [2.24, 2.45) is 0 Å². The van der Waals surface area contributed by atoms with E-state index < -0.39 is 17.4 Å². The molecule has 1 nitrogen and oxygen atoms in total. The Morgan fingerprint density at radius 3 is 2.56 bits per heavy atom. The lowest BCUT2D eigenvalue weighted by Gasteiger charge is -2.05. The van der Waals surface area contributed by atoms with Gasteiger partial charge in [0.05, 0.1) is 10.0 Å². The molecule has 0 saturated carbocycles. The summed E-state index contributed by atoms with van der Waals surface area (Å²) in [5.41, 5.74) is 0.642. The topological polar surface area (TPSA) is 17.1 Å². The number of aryl methyl sites for hydroxylation is 1. The molecule has 0 aromatic heterocycles. The molecule has 0 fully saturated rings. The number of hydrogen-bond donors (Lipinski definition) is 0. The normalized spacial score (nSPS) is 10.4. The van der Waals surface area contributed by atoms with Gasteiger partial charge in [-0.3, -0.25) is 4.79 Å². The van der Waals surface area contributed by atoms with E-state index >= 15 is 0 Å². The van der Waals surface area contributed by atoms with Gasteiger partial charge < -0.3 is 0 Å². The van der Waals surface area contributed by atoms with Crippen LogP contribution in [0.3, 0.4) is 0 Å². The molecule has 4 heteroatoms. The van der Waals surface area contributed by atoms with Gasteiger partial charge in [-0.1, -0.05) is 12.1 Å². The van der Waals surface area contributed by atoms with Crippen LogP contribution in [0, 0.1) is 18.6 Å². The van der Waals surface area contributed by atoms with Crippen molar-refractivity contribution in [2.75, 3.05) is 0 Å². The Labute approximate surface area is 112 Å². The lowest BCUT2D eigenvalue weighted by molar-refractivity contribution is 0.103. The molecule has 2 aromatic rings. The van der Waals surface area contributed by atoms with Crippen LogP contribution < -0.4 is 0 Å². The molecule has 0 atom stereocenters. The number of carbonyl (C=O) groups excluding carboxylic acids is 1. The quantitative estimate of drug-likeness (QED) is 0.757. The van der Waals surface area contributed by atoms with Gasteiger partial charge in [-0.05, 0) is 52.7 Å². The molecule has 92 valence electrons. The average molecular weight is 311 g/mol. The van der Waals surface area contributed by atoms with E-state index in [0.29, 0.717) is 5.56 Å². The first-order valence-electron chi connectivity index (χ1n) is 5.25. The molecule has 0 N–H and O–H groups in total. The van der Waals surface area contributed by atoms with Crippen molar-refractivity contribution in [1.82, 2.24) is 0 Å². The van der Waals surface area contributed by atoms with Crippen molar-refractivity contribution in [3.63, 3.8) is 0 Å². The molecule has 2 rings (SSSR count). The molecule has 18 heavy (non-hydrogen) atoms. The van der Waals surface area contributed by atoms with E-state index in [1.807, 2.05) is 0 Å². The van der Waals surface area contributed by atoms with Gasteiger partial charge in [0.1, 0.15) is 11.6 Å². The Kier molecular flexibility index (Phi) is 3.57. The van der Waals surface area contributed by atoms with Gasteiger partial charge in [0.25, 0.3) is 0 Å². The first kappa shape index (κ1) is 12.9. The van der Waals surface area contributed by atoms with Crippen LogP contribution in [0.4, 0.5) is 8.78 Å². The Balaban J connectivity index is 2.48. The second-order valence-corrected chi connectivity index (χ2v) is 4.75. The van der Waals surface area contributed by atoms with Gasteiger partial charge in [0.15, 0.2) is 5.78 Å². The Morgan fingerprint density at radius 2 is 1.89 bits per heavy atom. The summed E-state index contributed by atoms with van der Waals surface area (Å²) in [6.45, 7) is 1.59. The molecule has 0 spiro atoms. The minimum atomic E-state index is -0.539. The highest BCUT2D eigenvalue weighted by Crippen LogP contribution is 2.21. The zero-order valence-corrected chi connectivity index (χ0v) is 11.1. The van der Waals surface area contributed by atoms with Crippen LogP contribution in [-0.4, -0.2) is 5.78 Å². The Hall–Kier alpha value is -1.55. The van der Waals surface area contributed by atoms with Crippen LogP contribution in [-0.2, 0) is 0 Å². The maximum absolute atomic E-state index is 13.8. The average Bonchev–Trinajstić information content (AvgIpc) is 2.35. The molecule has 0 aliphatic rings. The third kappa shape index (κ3) is 2.34. The van der Waals surface area contributed by atoms with E-state index in [4.69, 9.17) is 0 Å². The van der Waals surface area contributed by atoms with Crippen LogP contribution in [0.1, 0.15) is 21.5 Å². The molecule has 0 saturated heterocycles. The maximum Gasteiger partial charge on any atom is 0.196 e. The number of ketones is 1. The van der Waals surface area contributed by atoms with Crippen LogP contribution >= 0.6 is 15.9 Å². The summed E-state index contributed by atoms with van der Waals surface area (Å²) in [5, 5.41) is 0. The van der Waals surface area contributed by atoms with E-state index in [0.717, 1.165) is 0 Å². The number of halogens is 3. The van der Waals surface area contributed by atoms with Crippen molar-refractivity contribution in [3.8, 4) is 0 Å². The first-order chi connectivity index (χ1) is 8.50. The third-order valence-corrected chi connectivity index (χ3v) is 3.23. The predicted octanol–water partition coefficient (Wildman–Crippen LogP) is 4.27. The number of carbonyl (C=O) groups is 1. The summed E-state index contributed by atoms with van der Waals surface area (Å²) in [4.78, 5) is 12.1. The van der Waals surface area contributed by atoms with E-state index in [1.165, 1.54) is 24.3 Å². The summed E-state index contributed by atoms with van der Waals surface area (Å²) in [7, 11) is 0. The summed E-state index contributed by atoms with van der Waals surface area (Å²) in [6.07, 6.45) is 0. The van der Waals surface area contributed by atoms with Crippen LogP contribution in [0.2, 0.25) is 0 Å². The summed E-state index contributed by atoms with van der Waals surface area (Å²) in [5.74, 6) is -1.46. The minimum absolute atomic E-state index is 0.00601. The molecule has 2 aromatic carbocycles. The standard InChI is InChI=1S/C14H9BrF2O/c1-8-3-2-4-10(13(8)17)14(18)9-5-6-12(16)11(15)7-9/h2-7H,1H3. The van der Waals surface area contributed by atoms with Crippen LogP contribution in [0.5, 0.6) is 0 Å². The third-order valence-electron chi connectivity index (χ3n) is 2.62. The number of benzene rings is 2. The molecule has 0 heterocycles. The van der Waals surface area contributed by atoms with Crippen molar-refractivity contribution in [2.45, 2.75) is 6.92 Å².